The molecule has 1 aromatic carbocycles. The van der Waals surface area contributed by atoms with Crippen molar-refractivity contribution >= 4 is 18.1 Å². The minimum absolute atomic E-state index is 0.390. The average Bonchev–Trinajstić information content (AvgIpc) is 2.54. The smallest absolute Gasteiger partial charge is 0.347 e. The Morgan fingerprint density at radius 2 is 1.74 bits per heavy atom. The second-order valence-electron chi connectivity index (χ2n) is 5.44. The highest BCUT2D eigenvalue weighted by Crippen LogP contribution is 2.31. The van der Waals surface area contributed by atoms with Crippen molar-refractivity contribution in [1.29, 1.82) is 0 Å². The minimum atomic E-state index is -1.33. The number of nitrogens with zero attached hydrogens (tertiary/aromatic N) is 1. The number of methoxy groups -OCH3 is 1. The van der Waals surface area contributed by atoms with E-state index >= 15 is 0 Å². The number of carboxylic acid groups (broad SMARTS) is 1. The molecule has 0 fully saturated rings. The van der Waals surface area contributed by atoms with Crippen LogP contribution in [-0.2, 0) is 4.79 Å². The number of aromatic nitrogens is 1. The maximum Gasteiger partial charge on any atom is 0.347 e. The SMILES string of the molecule is COc1cc(/C=C/c2ccncc2)ccc1OC(C)(C)C(=O)O. The maximum absolute atomic E-state index is 11.2. The van der Waals surface area contributed by atoms with E-state index in [4.69, 9.17) is 14.6 Å². The van der Waals surface area contributed by atoms with Crippen LogP contribution in [0, 0.1) is 0 Å². The molecule has 5 heteroatoms. The summed E-state index contributed by atoms with van der Waals surface area (Å²) in [4.78, 5) is 15.1. The van der Waals surface area contributed by atoms with Gasteiger partial charge in [0.2, 0.25) is 0 Å². The van der Waals surface area contributed by atoms with Crippen molar-refractivity contribution in [2.24, 2.45) is 0 Å². The molecule has 0 saturated heterocycles. The number of rotatable bonds is 6. The zero-order valence-corrected chi connectivity index (χ0v) is 13.3. The molecule has 2 rings (SSSR count). The van der Waals surface area contributed by atoms with E-state index in [0.29, 0.717) is 11.5 Å². The number of hydrogen-bond acceptors (Lipinski definition) is 4. The van der Waals surface area contributed by atoms with Gasteiger partial charge in [-0.3, -0.25) is 4.98 Å². The Kier molecular flexibility index (Phi) is 5.01. The van der Waals surface area contributed by atoms with Gasteiger partial charge in [0.05, 0.1) is 7.11 Å². The topological polar surface area (TPSA) is 68.7 Å². The highest BCUT2D eigenvalue weighted by Gasteiger charge is 2.30. The third-order valence-corrected chi connectivity index (χ3v) is 3.24. The van der Waals surface area contributed by atoms with Gasteiger partial charge in [-0.2, -0.15) is 0 Å². The largest absolute Gasteiger partial charge is 0.493 e. The molecule has 1 aromatic heterocycles. The highest BCUT2D eigenvalue weighted by atomic mass is 16.5. The normalized spacial score (nSPS) is 11.4. The third kappa shape index (κ3) is 4.32. The molecule has 0 bridgehead atoms. The Morgan fingerprint density at radius 3 is 2.35 bits per heavy atom. The van der Waals surface area contributed by atoms with Gasteiger partial charge >= 0.3 is 5.97 Å². The van der Waals surface area contributed by atoms with E-state index in [1.54, 1.807) is 24.5 Å². The van der Waals surface area contributed by atoms with Crippen LogP contribution in [0.3, 0.4) is 0 Å². The van der Waals surface area contributed by atoms with Crippen molar-refractivity contribution in [1.82, 2.24) is 4.98 Å². The number of pyridine rings is 1. The van der Waals surface area contributed by atoms with E-state index in [1.807, 2.05) is 30.4 Å². The van der Waals surface area contributed by atoms with Crippen molar-refractivity contribution in [3.05, 3.63) is 53.9 Å². The van der Waals surface area contributed by atoms with Gasteiger partial charge in [0.15, 0.2) is 17.1 Å². The van der Waals surface area contributed by atoms with Crippen LogP contribution in [-0.4, -0.2) is 28.8 Å². The standard InChI is InChI=1S/C18H19NO4/c1-18(2,17(20)21)23-15-7-6-14(12-16(15)22-3)5-4-13-8-10-19-11-9-13/h4-12H,1-3H3,(H,20,21)/b5-4+. The number of carbonyl (C=O) groups is 1. The highest BCUT2D eigenvalue weighted by molar-refractivity contribution is 5.77. The molecule has 2 aromatic rings. The van der Waals surface area contributed by atoms with Crippen LogP contribution in [0.15, 0.2) is 42.7 Å². The second kappa shape index (κ2) is 6.96. The lowest BCUT2D eigenvalue weighted by Gasteiger charge is -2.23. The lowest BCUT2D eigenvalue weighted by molar-refractivity contribution is -0.152. The summed E-state index contributed by atoms with van der Waals surface area (Å²) in [5, 5.41) is 9.15. The number of hydrogen-bond donors (Lipinski definition) is 1. The Bertz CT molecular complexity index is 708. The van der Waals surface area contributed by atoms with Crippen LogP contribution in [0.4, 0.5) is 0 Å². The van der Waals surface area contributed by atoms with Gasteiger partial charge < -0.3 is 14.6 Å². The number of carboxylic acids is 1. The first kappa shape index (κ1) is 16.5. The lowest BCUT2D eigenvalue weighted by atomic mass is 10.1. The molecular formula is C18H19NO4. The van der Waals surface area contributed by atoms with Gasteiger partial charge in [-0.1, -0.05) is 18.2 Å². The van der Waals surface area contributed by atoms with Crippen LogP contribution in [0.25, 0.3) is 12.2 Å². The fraction of sp³-hybridized carbons (Fsp3) is 0.222. The molecule has 0 amide bonds. The van der Waals surface area contributed by atoms with E-state index in [-0.39, 0.29) is 0 Å². The number of aliphatic carboxylic acids is 1. The molecule has 0 unspecified atom stereocenters. The molecule has 0 radical (unpaired) electrons. The minimum Gasteiger partial charge on any atom is -0.493 e. The molecule has 0 aliphatic heterocycles. The second-order valence-corrected chi connectivity index (χ2v) is 5.44. The number of ether oxygens (including phenoxy) is 2. The quantitative estimate of drug-likeness (QED) is 0.884. The van der Waals surface area contributed by atoms with E-state index in [1.165, 1.54) is 21.0 Å². The van der Waals surface area contributed by atoms with E-state index in [2.05, 4.69) is 4.98 Å². The van der Waals surface area contributed by atoms with E-state index in [9.17, 15) is 4.79 Å². The molecule has 5 nitrogen and oxygen atoms in total. The van der Waals surface area contributed by atoms with Crippen molar-refractivity contribution in [2.45, 2.75) is 19.4 Å². The summed E-state index contributed by atoms with van der Waals surface area (Å²) in [5.74, 6) is -0.168. The predicted molar refractivity (Wildman–Crippen MR) is 88.5 cm³/mol. The molecule has 0 saturated carbocycles. The molecular weight excluding hydrogens is 294 g/mol. The zero-order chi connectivity index (χ0) is 16.9. The fourth-order valence-corrected chi connectivity index (χ4v) is 1.86. The van der Waals surface area contributed by atoms with Crippen molar-refractivity contribution in [3.8, 4) is 11.5 Å². The molecule has 120 valence electrons. The molecule has 0 aliphatic rings. The van der Waals surface area contributed by atoms with E-state index < -0.39 is 11.6 Å². The van der Waals surface area contributed by atoms with Gasteiger partial charge in [-0.15, -0.1) is 0 Å². The van der Waals surface area contributed by atoms with Crippen LogP contribution in [0.1, 0.15) is 25.0 Å². The van der Waals surface area contributed by atoms with E-state index in [0.717, 1.165) is 11.1 Å². The summed E-state index contributed by atoms with van der Waals surface area (Å²) in [5.41, 5.74) is 0.618. The van der Waals surface area contributed by atoms with Crippen molar-refractivity contribution in [2.75, 3.05) is 7.11 Å². The Morgan fingerprint density at radius 1 is 1.09 bits per heavy atom. The molecule has 0 spiro atoms. The van der Waals surface area contributed by atoms with Gasteiger partial charge in [0.1, 0.15) is 0 Å². The van der Waals surface area contributed by atoms with Crippen LogP contribution in [0.5, 0.6) is 11.5 Å². The first-order valence-electron chi connectivity index (χ1n) is 7.11. The third-order valence-electron chi connectivity index (χ3n) is 3.24. The number of benzene rings is 1. The first-order valence-corrected chi connectivity index (χ1v) is 7.11. The first-order chi connectivity index (χ1) is 10.9. The van der Waals surface area contributed by atoms with Gasteiger partial charge in [0.25, 0.3) is 0 Å². The molecule has 0 aliphatic carbocycles. The van der Waals surface area contributed by atoms with Gasteiger partial charge in [-0.05, 0) is 49.2 Å². The zero-order valence-electron chi connectivity index (χ0n) is 13.3. The monoisotopic (exact) mass is 313 g/mol. The Hall–Kier alpha value is -2.82. The van der Waals surface area contributed by atoms with Gasteiger partial charge in [0, 0.05) is 12.4 Å². The summed E-state index contributed by atoms with van der Waals surface area (Å²) in [6, 6.07) is 9.15. The summed E-state index contributed by atoms with van der Waals surface area (Å²) in [6.07, 6.45) is 7.35. The predicted octanol–water partition coefficient (Wildman–Crippen LogP) is 3.50. The van der Waals surface area contributed by atoms with Crippen LogP contribution < -0.4 is 9.47 Å². The summed E-state index contributed by atoms with van der Waals surface area (Å²) < 4.78 is 10.8. The van der Waals surface area contributed by atoms with Crippen molar-refractivity contribution < 1.29 is 19.4 Å². The molecule has 1 heterocycles. The maximum atomic E-state index is 11.2. The molecule has 1 N–H and O–H groups in total. The summed E-state index contributed by atoms with van der Waals surface area (Å²) in [7, 11) is 1.52. The summed E-state index contributed by atoms with van der Waals surface area (Å²) >= 11 is 0. The van der Waals surface area contributed by atoms with Gasteiger partial charge in [-0.25, -0.2) is 4.79 Å². The fourth-order valence-electron chi connectivity index (χ4n) is 1.86. The van der Waals surface area contributed by atoms with Crippen molar-refractivity contribution in [3.63, 3.8) is 0 Å². The average molecular weight is 313 g/mol. The Labute approximate surface area is 135 Å². The molecule has 0 atom stereocenters. The van der Waals surface area contributed by atoms with Crippen LogP contribution in [0.2, 0.25) is 0 Å². The summed E-state index contributed by atoms with van der Waals surface area (Å²) in [6.45, 7) is 2.98. The Balaban J connectivity index is 2.23. The van der Waals surface area contributed by atoms with Crippen LogP contribution >= 0.6 is 0 Å². The molecule has 23 heavy (non-hydrogen) atoms. The lowest BCUT2D eigenvalue weighted by Crippen LogP contribution is -2.37.